The van der Waals surface area contributed by atoms with Crippen LogP contribution < -0.4 is 0 Å². The first-order chi connectivity index (χ1) is 7.06. The first kappa shape index (κ1) is 14.2. The lowest BCUT2D eigenvalue weighted by Crippen LogP contribution is -2.17. The van der Waals surface area contributed by atoms with E-state index in [2.05, 4.69) is 39.5 Å². The summed E-state index contributed by atoms with van der Waals surface area (Å²) in [5, 5.41) is 0. The van der Waals surface area contributed by atoms with Crippen LogP contribution in [0.3, 0.4) is 0 Å². The van der Waals surface area contributed by atoms with Crippen molar-refractivity contribution in [3.05, 3.63) is 35.5 Å². The van der Waals surface area contributed by atoms with Gasteiger partial charge in [-0.05, 0) is 45.3 Å². The largest absolute Gasteiger partial charge is 0.365 e. The highest BCUT2D eigenvalue weighted by molar-refractivity contribution is 5.20. The molecule has 0 saturated heterocycles. The van der Waals surface area contributed by atoms with Crippen LogP contribution in [0.4, 0.5) is 0 Å². The van der Waals surface area contributed by atoms with Gasteiger partial charge in [0.25, 0.3) is 0 Å². The molecule has 0 unspecified atom stereocenters. The Kier molecular flexibility index (Phi) is 7.06. The average molecular weight is 208 g/mol. The topological polar surface area (TPSA) is 9.23 Å². The molecule has 86 valence electrons. The molecule has 0 saturated carbocycles. The monoisotopic (exact) mass is 208 g/mol. The maximum atomic E-state index is 5.86. The van der Waals surface area contributed by atoms with Crippen LogP contribution in [0, 0.1) is 0 Å². The smallest absolute Gasteiger partial charge is 0.0994 e. The molecule has 0 aliphatic rings. The summed E-state index contributed by atoms with van der Waals surface area (Å²) in [5.74, 6) is 0. The van der Waals surface area contributed by atoms with E-state index in [1.54, 1.807) is 0 Å². The molecule has 0 bridgehead atoms. The first-order valence-corrected chi connectivity index (χ1v) is 5.60. The number of allylic oxidation sites excluding steroid dienone is 2. The van der Waals surface area contributed by atoms with Crippen molar-refractivity contribution in [3.8, 4) is 0 Å². The fourth-order valence-electron chi connectivity index (χ4n) is 1.23. The molecule has 1 heteroatoms. The summed E-state index contributed by atoms with van der Waals surface area (Å²) in [6.45, 7) is 15.0. The van der Waals surface area contributed by atoms with Gasteiger partial charge in [-0.2, -0.15) is 0 Å². The van der Waals surface area contributed by atoms with E-state index >= 15 is 0 Å². The minimum atomic E-state index is 0.114. The van der Waals surface area contributed by atoms with E-state index in [0.717, 1.165) is 12.0 Å². The van der Waals surface area contributed by atoms with E-state index in [1.807, 2.05) is 13.8 Å². The predicted molar refractivity (Wildman–Crippen MR) is 68.0 cm³/mol. The van der Waals surface area contributed by atoms with Crippen molar-refractivity contribution < 1.29 is 4.74 Å². The second-order valence-corrected chi connectivity index (χ2v) is 3.86. The number of rotatable bonds is 6. The van der Waals surface area contributed by atoms with Crippen LogP contribution in [0.25, 0.3) is 0 Å². The summed E-state index contributed by atoms with van der Waals surface area (Å²) < 4.78 is 5.86. The normalized spacial score (nSPS) is 13.5. The van der Waals surface area contributed by atoms with Gasteiger partial charge in [-0.3, -0.25) is 0 Å². The third-order valence-electron chi connectivity index (χ3n) is 2.69. The van der Waals surface area contributed by atoms with Gasteiger partial charge < -0.3 is 4.74 Å². The second-order valence-electron chi connectivity index (χ2n) is 3.86. The molecule has 0 fully saturated rings. The van der Waals surface area contributed by atoms with E-state index < -0.39 is 0 Å². The zero-order chi connectivity index (χ0) is 11.8. The summed E-state index contributed by atoms with van der Waals surface area (Å²) >= 11 is 0. The summed E-state index contributed by atoms with van der Waals surface area (Å²) in [4.78, 5) is 0. The summed E-state index contributed by atoms with van der Waals surface area (Å²) in [6.07, 6.45) is 5.30. The number of ether oxygens (including phenoxy) is 1. The van der Waals surface area contributed by atoms with Crippen molar-refractivity contribution in [1.82, 2.24) is 0 Å². The van der Waals surface area contributed by atoms with Crippen LogP contribution in [0.1, 0.15) is 41.0 Å². The molecular weight excluding hydrogens is 184 g/mol. The van der Waals surface area contributed by atoms with Crippen LogP contribution >= 0.6 is 0 Å². The molecule has 0 aromatic rings. The Morgan fingerprint density at radius 3 is 2.00 bits per heavy atom. The van der Waals surface area contributed by atoms with Gasteiger partial charge in [-0.1, -0.05) is 31.2 Å². The maximum Gasteiger partial charge on any atom is 0.0994 e. The molecule has 0 radical (unpaired) electrons. The maximum absolute atomic E-state index is 5.86. The van der Waals surface area contributed by atoms with Gasteiger partial charge in [0.2, 0.25) is 0 Å². The fourth-order valence-corrected chi connectivity index (χ4v) is 1.23. The molecule has 1 nitrogen and oxygen atoms in total. The van der Waals surface area contributed by atoms with E-state index in [4.69, 9.17) is 4.74 Å². The molecule has 0 rings (SSSR count). The number of hydrogen-bond donors (Lipinski definition) is 0. The van der Waals surface area contributed by atoms with Crippen molar-refractivity contribution in [2.75, 3.05) is 6.61 Å². The molecule has 0 amide bonds. The molecule has 0 aliphatic heterocycles. The zero-order valence-electron chi connectivity index (χ0n) is 10.8. The van der Waals surface area contributed by atoms with Gasteiger partial charge in [-0.25, -0.2) is 0 Å². The quantitative estimate of drug-likeness (QED) is 0.592. The molecule has 0 atom stereocenters. The molecule has 15 heavy (non-hydrogen) atoms. The van der Waals surface area contributed by atoms with Gasteiger partial charge in [0.15, 0.2) is 0 Å². The SMILES string of the molecule is C=C(CC)COC(/C(C)=C/C)/C(C)=C/C. The van der Waals surface area contributed by atoms with Crippen LogP contribution in [-0.4, -0.2) is 12.7 Å². The lowest BCUT2D eigenvalue weighted by molar-refractivity contribution is 0.119. The van der Waals surface area contributed by atoms with Crippen molar-refractivity contribution >= 4 is 0 Å². The molecule has 0 heterocycles. The molecule has 0 aromatic carbocycles. The van der Waals surface area contributed by atoms with E-state index in [1.165, 1.54) is 11.1 Å². The lowest BCUT2D eigenvalue weighted by Gasteiger charge is -2.20. The first-order valence-electron chi connectivity index (χ1n) is 5.60. The van der Waals surface area contributed by atoms with Crippen molar-refractivity contribution in [1.29, 1.82) is 0 Å². The molecular formula is C14H24O. The van der Waals surface area contributed by atoms with Gasteiger partial charge >= 0.3 is 0 Å². The molecule has 0 N–H and O–H groups in total. The van der Waals surface area contributed by atoms with Crippen molar-refractivity contribution in [2.45, 2.75) is 47.1 Å². The molecule has 0 aliphatic carbocycles. The minimum absolute atomic E-state index is 0.114. The van der Waals surface area contributed by atoms with E-state index in [9.17, 15) is 0 Å². The molecule has 0 spiro atoms. The Hall–Kier alpha value is -0.820. The van der Waals surface area contributed by atoms with E-state index in [-0.39, 0.29) is 6.10 Å². The summed E-state index contributed by atoms with van der Waals surface area (Å²) in [7, 11) is 0. The Morgan fingerprint density at radius 1 is 1.20 bits per heavy atom. The summed E-state index contributed by atoms with van der Waals surface area (Å²) in [5.41, 5.74) is 3.66. The Labute approximate surface area is 94.5 Å². The second kappa shape index (κ2) is 7.47. The zero-order valence-corrected chi connectivity index (χ0v) is 10.8. The van der Waals surface area contributed by atoms with Gasteiger partial charge in [0.1, 0.15) is 0 Å². The van der Waals surface area contributed by atoms with Crippen molar-refractivity contribution in [2.24, 2.45) is 0 Å². The minimum Gasteiger partial charge on any atom is -0.365 e. The lowest BCUT2D eigenvalue weighted by atomic mass is 10.0. The van der Waals surface area contributed by atoms with Crippen LogP contribution in [-0.2, 0) is 4.74 Å². The predicted octanol–water partition coefficient (Wildman–Crippen LogP) is 4.27. The fraction of sp³-hybridized carbons (Fsp3) is 0.571. The highest BCUT2D eigenvalue weighted by Gasteiger charge is 2.12. The van der Waals surface area contributed by atoms with Gasteiger partial charge in [0.05, 0.1) is 12.7 Å². The Morgan fingerprint density at radius 2 is 1.67 bits per heavy atom. The average Bonchev–Trinajstić information content (AvgIpc) is 2.27. The van der Waals surface area contributed by atoms with Gasteiger partial charge in [-0.15, -0.1) is 0 Å². The standard InChI is InChI=1S/C14H24O/c1-7-11(4)10-15-14(12(5)8-2)13(6)9-3/h8-9,14H,4,7,10H2,1-3,5-6H3/b12-8+,13-9+. The van der Waals surface area contributed by atoms with Crippen LogP contribution in [0.5, 0.6) is 0 Å². The number of hydrogen-bond acceptors (Lipinski definition) is 1. The van der Waals surface area contributed by atoms with Gasteiger partial charge in [0, 0.05) is 0 Å². The third-order valence-corrected chi connectivity index (χ3v) is 2.69. The Bertz CT molecular complexity index is 241. The van der Waals surface area contributed by atoms with Crippen molar-refractivity contribution in [3.63, 3.8) is 0 Å². The molecule has 0 aromatic heterocycles. The van der Waals surface area contributed by atoms with Crippen LogP contribution in [0.2, 0.25) is 0 Å². The highest BCUT2D eigenvalue weighted by Crippen LogP contribution is 2.16. The third kappa shape index (κ3) is 4.98. The van der Waals surface area contributed by atoms with Crippen LogP contribution in [0.15, 0.2) is 35.5 Å². The van der Waals surface area contributed by atoms with E-state index in [0.29, 0.717) is 6.61 Å². The summed E-state index contributed by atoms with van der Waals surface area (Å²) in [6, 6.07) is 0. The highest BCUT2D eigenvalue weighted by atomic mass is 16.5. The Balaban J connectivity index is 4.47.